The Morgan fingerprint density at radius 2 is 2.14 bits per heavy atom. The van der Waals surface area contributed by atoms with Crippen molar-refractivity contribution < 1.29 is 4.74 Å². The van der Waals surface area contributed by atoms with Gasteiger partial charge in [0.1, 0.15) is 11.8 Å². The topological polar surface area (TPSA) is 33.0 Å². The lowest BCUT2D eigenvalue weighted by Crippen LogP contribution is -1.99. The minimum Gasteiger partial charge on any atom is -0.478 e. The maximum Gasteiger partial charge on any atom is 0.174 e. The number of nitriles is 1. The zero-order chi connectivity index (χ0) is 10.6. The fourth-order valence-corrected chi connectivity index (χ4v) is 1.35. The third-order valence-electron chi connectivity index (χ3n) is 2.08. The molecule has 0 amide bonds. The smallest absolute Gasteiger partial charge is 0.174 e. The summed E-state index contributed by atoms with van der Waals surface area (Å²) in [5.41, 5.74) is 2.31. The lowest BCUT2D eigenvalue weighted by molar-refractivity contribution is 0.362. The van der Waals surface area contributed by atoms with Gasteiger partial charge in [0.05, 0.1) is 0 Å². The van der Waals surface area contributed by atoms with Crippen LogP contribution in [-0.4, -0.2) is 6.61 Å². The van der Waals surface area contributed by atoms with Crippen molar-refractivity contribution in [3.63, 3.8) is 0 Å². The molecule has 1 aromatic carbocycles. The van der Waals surface area contributed by atoms with Gasteiger partial charge >= 0.3 is 0 Å². The molecule has 1 rings (SSSR count). The minimum atomic E-state index is 0.114. The lowest BCUT2D eigenvalue weighted by atomic mass is 10.0. The van der Waals surface area contributed by atoms with E-state index in [-0.39, 0.29) is 6.61 Å². The van der Waals surface area contributed by atoms with E-state index in [1.54, 1.807) is 0 Å². The van der Waals surface area contributed by atoms with Gasteiger partial charge in [0.15, 0.2) is 6.61 Å². The normalized spacial score (nSPS) is 9.93. The highest BCUT2D eigenvalue weighted by Gasteiger charge is 2.07. The van der Waals surface area contributed by atoms with Crippen LogP contribution in [0.4, 0.5) is 0 Å². The fourth-order valence-electron chi connectivity index (χ4n) is 1.35. The van der Waals surface area contributed by atoms with E-state index in [4.69, 9.17) is 10.00 Å². The largest absolute Gasteiger partial charge is 0.478 e. The van der Waals surface area contributed by atoms with E-state index in [9.17, 15) is 0 Å². The second-order valence-corrected chi connectivity index (χ2v) is 3.64. The first-order valence-corrected chi connectivity index (χ1v) is 4.75. The Bertz CT molecular complexity index is 350. The van der Waals surface area contributed by atoms with E-state index in [0.29, 0.717) is 5.92 Å². The van der Waals surface area contributed by atoms with Crippen molar-refractivity contribution in [3.05, 3.63) is 29.3 Å². The maximum atomic E-state index is 8.45. The zero-order valence-corrected chi connectivity index (χ0v) is 8.87. The summed E-state index contributed by atoms with van der Waals surface area (Å²) in [6, 6.07) is 8.08. The molecular weight excluding hydrogens is 174 g/mol. The number of hydrogen-bond acceptors (Lipinski definition) is 2. The van der Waals surface area contributed by atoms with Crippen LogP contribution < -0.4 is 4.74 Å². The summed E-state index contributed by atoms with van der Waals surface area (Å²) >= 11 is 0. The van der Waals surface area contributed by atoms with Crippen molar-refractivity contribution in [1.29, 1.82) is 5.26 Å². The number of nitrogens with zero attached hydrogens (tertiary/aromatic N) is 1. The molecule has 0 saturated carbocycles. The van der Waals surface area contributed by atoms with Gasteiger partial charge in [-0.1, -0.05) is 26.0 Å². The zero-order valence-electron chi connectivity index (χ0n) is 8.87. The second-order valence-electron chi connectivity index (χ2n) is 3.64. The SMILES string of the molecule is Cc1ccc(C(C)C)c(OCC#N)c1. The lowest BCUT2D eigenvalue weighted by Gasteiger charge is -2.12. The van der Waals surface area contributed by atoms with Crippen molar-refractivity contribution in [2.45, 2.75) is 26.7 Å². The Balaban J connectivity index is 2.98. The number of ether oxygens (including phenoxy) is 1. The summed E-state index contributed by atoms with van der Waals surface area (Å²) in [4.78, 5) is 0. The van der Waals surface area contributed by atoms with Crippen molar-refractivity contribution >= 4 is 0 Å². The molecule has 2 nitrogen and oxygen atoms in total. The third-order valence-corrected chi connectivity index (χ3v) is 2.08. The van der Waals surface area contributed by atoms with Gasteiger partial charge in [-0.2, -0.15) is 5.26 Å². The first-order chi connectivity index (χ1) is 6.65. The summed E-state index contributed by atoms with van der Waals surface area (Å²) < 4.78 is 5.37. The molecule has 0 heterocycles. The number of rotatable bonds is 3. The molecule has 0 aliphatic rings. The second kappa shape index (κ2) is 4.66. The summed E-state index contributed by atoms with van der Waals surface area (Å²) in [5.74, 6) is 1.26. The van der Waals surface area contributed by atoms with Gasteiger partial charge in [-0.3, -0.25) is 0 Å². The molecule has 0 N–H and O–H groups in total. The first-order valence-electron chi connectivity index (χ1n) is 4.75. The minimum absolute atomic E-state index is 0.114. The van der Waals surface area contributed by atoms with Crippen LogP contribution >= 0.6 is 0 Å². The van der Waals surface area contributed by atoms with Crippen molar-refractivity contribution in [1.82, 2.24) is 0 Å². The van der Waals surface area contributed by atoms with Crippen molar-refractivity contribution in [2.24, 2.45) is 0 Å². The van der Waals surface area contributed by atoms with Crippen molar-refractivity contribution in [3.8, 4) is 11.8 Å². The predicted molar refractivity (Wildman–Crippen MR) is 56.4 cm³/mol. The molecule has 0 aromatic heterocycles. The molecule has 0 unspecified atom stereocenters. The van der Waals surface area contributed by atoms with Crippen LogP contribution in [0.25, 0.3) is 0 Å². The van der Waals surface area contributed by atoms with Gasteiger partial charge in [-0.15, -0.1) is 0 Å². The maximum absolute atomic E-state index is 8.45. The van der Waals surface area contributed by atoms with Gasteiger partial charge in [0, 0.05) is 0 Å². The van der Waals surface area contributed by atoms with E-state index in [0.717, 1.165) is 16.9 Å². The number of benzene rings is 1. The van der Waals surface area contributed by atoms with Gasteiger partial charge in [-0.25, -0.2) is 0 Å². The Morgan fingerprint density at radius 3 is 2.71 bits per heavy atom. The molecule has 14 heavy (non-hydrogen) atoms. The average molecular weight is 189 g/mol. The molecule has 0 saturated heterocycles. The molecule has 0 aliphatic heterocycles. The van der Waals surface area contributed by atoms with Crippen LogP contribution in [0.3, 0.4) is 0 Å². The van der Waals surface area contributed by atoms with E-state index in [1.807, 2.05) is 19.1 Å². The van der Waals surface area contributed by atoms with Crippen LogP contribution in [0.15, 0.2) is 18.2 Å². The highest BCUT2D eigenvalue weighted by molar-refractivity contribution is 5.39. The quantitative estimate of drug-likeness (QED) is 0.732. The van der Waals surface area contributed by atoms with Gasteiger partial charge < -0.3 is 4.74 Å². The Kier molecular flexibility index (Phi) is 3.53. The Morgan fingerprint density at radius 1 is 1.43 bits per heavy atom. The van der Waals surface area contributed by atoms with Gasteiger partial charge in [-0.05, 0) is 30.0 Å². The molecule has 74 valence electrons. The number of aryl methyl sites for hydroxylation is 1. The molecule has 2 heteroatoms. The molecule has 1 aromatic rings. The Labute approximate surface area is 85.1 Å². The molecule has 0 radical (unpaired) electrons. The summed E-state index contributed by atoms with van der Waals surface area (Å²) in [5, 5.41) is 8.45. The van der Waals surface area contributed by atoms with Gasteiger partial charge in [0.25, 0.3) is 0 Å². The van der Waals surface area contributed by atoms with Crippen LogP contribution in [-0.2, 0) is 0 Å². The standard InChI is InChI=1S/C12H15NO/c1-9(2)11-5-4-10(3)8-12(11)14-7-6-13/h4-5,8-9H,7H2,1-3H3. The predicted octanol–water partition coefficient (Wildman–Crippen LogP) is 3.02. The average Bonchev–Trinajstić information content (AvgIpc) is 2.14. The first kappa shape index (κ1) is 10.6. The monoisotopic (exact) mass is 189 g/mol. The van der Waals surface area contributed by atoms with Crippen molar-refractivity contribution in [2.75, 3.05) is 6.61 Å². The Hall–Kier alpha value is -1.49. The summed E-state index contributed by atoms with van der Waals surface area (Å²) in [7, 11) is 0. The van der Waals surface area contributed by atoms with E-state index in [1.165, 1.54) is 0 Å². The highest BCUT2D eigenvalue weighted by atomic mass is 16.5. The number of hydrogen-bond donors (Lipinski definition) is 0. The molecule has 0 aliphatic carbocycles. The molecule has 0 spiro atoms. The molecule has 0 fully saturated rings. The van der Waals surface area contributed by atoms with E-state index < -0.39 is 0 Å². The summed E-state index contributed by atoms with van der Waals surface area (Å²) in [6.07, 6.45) is 0. The molecule has 0 bridgehead atoms. The molecular formula is C12H15NO. The van der Waals surface area contributed by atoms with Crippen LogP contribution in [0, 0.1) is 18.3 Å². The fraction of sp³-hybridized carbons (Fsp3) is 0.417. The van der Waals surface area contributed by atoms with Gasteiger partial charge in [0.2, 0.25) is 0 Å². The molecule has 0 atom stereocenters. The third kappa shape index (κ3) is 2.50. The van der Waals surface area contributed by atoms with E-state index in [2.05, 4.69) is 26.0 Å². The van der Waals surface area contributed by atoms with Crippen LogP contribution in [0.2, 0.25) is 0 Å². The summed E-state index contributed by atoms with van der Waals surface area (Å²) in [6.45, 7) is 6.36. The van der Waals surface area contributed by atoms with Crippen LogP contribution in [0.1, 0.15) is 30.9 Å². The van der Waals surface area contributed by atoms with E-state index >= 15 is 0 Å². The highest BCUT2D eigenvalue weighted by Crippen LogP contribution is 2.27. The van der Waals surface area contributed by atoms with Crippen LogP contribution in [0.5, 0.6) is 5.75 Å².